The predicted octanol–water partition coefficient (Wildman–Crippen LogP) is 2.99. The van der Waals surface area contributed by atoms with Gasteiger partial charge in [0.05, 0.1) is 21.9 Å². The Hall–Kier alpha value is -2.88. The van der Waals surface area contributed by atoms with E-state index in [0.717, 1.165) is 16.6 Å². The first kappa shape index (κ1) is 11.9. The van der Waals surface area contributed by atoms with E-state index >= 15 is 0 Å². The third-order valence-corrected chi connectivity index (χ3v) is 3.72. The molecule has 0 spiro atoms. The number of nitrogens with zero attached hydrogens (tertiary/aromatic N) is 3. The Morgan fingerprint density at radius 1 is 1.05 bits per heavy atom. The second-order valence-electron chi connectivity index (χ2n) is 4.96. The van der Waals surface area contributed by atoms with Crippen LogP contribution in [0.1, 0.15) is 0 Å². The van der Waals surface area contributed by atoms with E-state index in [-0.39, 0.29) is 5.56 Å². The molecular weight excluding hydrogens is 262 g/mol. The molecule has 2 aromatic carbocycles. The zero-order chi connectivity index (χ0) is 14.4. The predicted molar refractivity (Wildman–Crippen MR) is 84.7 cm³/mol. The largest absolute Gasteiger partial charge is 0.306 e. The van der Waals surface area contributed by atoms with E-state index in [9.17, 15) is 4.79 Å². The van der Waals surface area contributed by atoms with Gasteiger partial charge in [-0.1, -0.05) is 30.3 Å². The molecule has 4 heteroatoms. The number of rotatable bonds is 2. The number of fused-ring (bicyclic) bond motifs is 4. The first-order chi connectivity index (χ1) is 10.3. The fourth-order valence-electron chi connectivity index (χ4n) is 2.82. The van der Waals surface area contributed by atoms with E-state index in [1.807, 2.05) is 59.2 Å². The molecule has 2 aromatic heterocycles. The van der Waals surface area contributed by atoms with Crippen LogP contribution in [0.2, 0.25) is 0 Å². The van der Waals surface area contributed by atoms with Crippen molar-refractivity contribution in [1.82, 2.24) is 14.0 Å². The standard InChI is InChI=1S/C17H13N3O/c1-2-11-19-14-9-5-6-10-15(14)20-16(21)12-7-3-4-8-13(12)18-17(19)20/h2-10H,1,11H2. The molecular formula is C17H13N3O. The average molecular weight is 275 g/mol. The van der Waals surface area contributed by atoms with Crippen LogP contribution in [0, 0.1) is 0 Å². The average Bonchev–Trinajstić information content (AvgIpc) is 2.83. The molecule has 0 aliphatic heterocycles. The second-order valence-corrected chi connectivity index (χ2v) is 4.96. The first-order valence-corrected chi connectivity index (χ1v) is 6.81. The lowest BCUT2D eigenvalue weighted by Crippen LogP contribution is -2.15. The van der Waals surface area contributed by atoms with E-state index in [1.54, 1.807) is 4.40 Å². The van der Waals surface area contributed by atoms with Crippen molar-refractivity contribution in [3.8, 4) is 0 Å². The van der Waals surface area contributed by atoms with Crippen molar-refractivity contribution in [2.75, 3.05) is 0 Å². The SMILES string of the molecule is C=CCn1c2ccccc2n2c(=O)c3ccccc3nc12. The van der Waals surface area contributed by atoms with Gasteiger partial charge in [-0.25, -0.2) is 9.38 Å². The lowest BCUT2D eigenvalue weighted by atomic mass is 10.2. The van der Waals surface area contributed by atoms with Crippen molar-refractivity contribution in [1.29, 1.82) is 0 Å². The first-order valence-electron chi connectivity index (χ1n) is 6.81. The summed E-state index contributed by atoms with van der Waals surface area (Å²) in [6.07, 6.45) is 1.81. The molecule has 0 bridgehead atoms. The maximum absolute atomic E-state index is 12.8. The molecule has 0 saturated carbocycles. The Labute approximate surface area is 120 Å². The molecule has 4 rings (SSSR count). The van der Waals surface area contributed by atoms with Crippen molar-refractivity contribution in [3.05, 3.63) is 71.5 Å². The number of para-hydroxylation sites is 3. The number of allylic oxidation sites excluding steroid dienone is 1. The quantitative estimate of drug-likeness (QED) is 0.528. The number of hydrogen-bond acceptors (Lipinski definition) is 2. The molecule has 0 aliphatic rings. The summed E-state index contributed by atoms with van der Waals surface area (Å²) in [4.78, 5) is 17.5. The van der Waals surface area contributed by atoms with Gasteiger partial charge in [0.25, 0.3) is 5.56 Å². The maximum atomic E-state index is 12.8. The van der Waals surface area contributed by atoms with Gasteiger partial charge < -0.3 is 4.57 Å². The van der Waals surface area contributed by atoms with Crippen LogP contribution in [0.4, 0.5) is 0 Å². The zero-order valence-electron chi connectivity index (χ0n) is 11.4. The highest BCUT2D eigenvalue weighted by Crippen LogP contribution is 2.20. The minimum Gasteiger partial charge on any atom is -0.306 e. The topological polar surface area (TPSA) is 39.3 Å². The maximum Gasteiger partial charge on any atom is 0.267 e. The molecule has 0 saturated heterocycles. The van der Waals surface area contributed by atoms with Crippen molar-refractivity contribution in [3.63, 3.8) is 0 Å². The lowest BCUT2D eigenvalue weighted by Gasteiger charge is -2.02. The van der Waals surface area contributed by atoms with Gasteiger partial charge in [0, 0.05) is 6.54 Å². The van der Waals surface area contributed by atoms with Gasteiger partial charge in [0.1, 0.15) is 0 Å². The molecule has 0 amide bonds. The highest BCUT2D eigenvalue weighted by molar-refractivity contribution is 5.85. The van der Waals surface area contributed by atoms with E-state index in [0.29, 0.717) is 17.7 Å². The van der Waals surface area contributed by atoms with Gasteiger partial charge in [0.2, 0.25) is 5.78 Å². The molecule has 4 aromatic rings. The number of benzene rings is 2. The van der Waals surface area contributed by atoms with Crippen LogP contribution in [0.3, 0.4) is 0 Å². The highest BCUT2D eigenvalue weighted by atomic mass is 16.1. The summed E-state index contributed by atoms with van der Waals surface area (Å²) in [7, 11) is 0. The minimum absolute atomic E-state index is 0.0328. The van der Waals surface area contributed by atoms with Crippen molar-refractivity contribution < 1.29 is 0 Å². The number of imidazole rings is 1. The van der Waals surface area contributed by atoms with Crippen molar-refractivity contribution >= 4 is 27.7 Å². The monoisotopic (exact) mass is 275 g/mol. The molecule has 2 heterocycles. The minimum atomic E-state index is -0.0328. The van der Waals surface area contributed by atoms with E-state index in [1.165, 1.54) is 0 Å². The molecule has 0 aliphatic carbocycles. The van der Waals surface area contributed by atoms with Crippen LogP contribution < -0.4 is 5.56 Å². The van der Waals surface area contributed by atoms with Gasteiger partial charge in [-0.15, -0.1) is 6.58 Å². The number of aromatic nitrogens is 3. The third kappa shape index (κ3) is 1.56. The molecule has 0 unspecified atom stereocenters. The molecule has 21 heavy (non-hydrogen) atoms. The molecule has 0 N–H and O–H groups in total. The summed E-state index contributed by atoms with van der Waals surface area (Å²) in [5.41, 5.74) is 2.54. The van der Waals surface area contributed by atoms with E-state index < -0.39 is 0 Å². The van der Waals surface area contributed by atoms with Crippen molar-refractivity contribution in [2.24, 2.45) is 0 Å². The fraction of sp³-hybridized carbons (Fsp3) is 0.0588. The summed E-state index contributed by atoms with van der Waals surface area (Å²) in [6.45, 7) is 4.41. The van der Waals surface area contributed by atoms with Crippen LogP contribution in [0.15, 0.2) is 66.0 Å². The van der Waals surface area contributed by atoms with Crippen LogP contribution in [-0.4, -0.2) is 14.0 Å². The van der Waals surface area contributed by atoms with Crippen LogP contribution in [-0.2, 0) is 6.54 Å². The Morgan fingerprint density at radius 2 is 1.76 bits per heavy atom. The normalized spacial score (nSPS) is 11.4. The molecule has 0 radical (unpaired) electrons. The van der Waals surface area contributed by atoms with Gasteiger partial charge >= 0.3 is 0 Å². The highest BCUT2D eigenvalue weighted by Gasteiger charge is 2.14. The van der Waals surface area contributed by atoms with Crippen LogP contribution in [0.5, 0.6) is 0 Å². The fourth-order valence-corrected chi connectivity index (χ4v) is 2.82. The summed E-state index contributed by atoms with van der Waals surface area (Å²) in [5.74, 6) is 0.653. The summed E-state index contributed by atoms with van der Waals surface area (Å²) < 4.78 is 3.69. The van der Waals surface area contributed by atoms with Gasteiger partial charge in [-0.2, -0.15) is 0 Å². The van der Waals surface area contributed by atoms with E-state index in [2.05, 4.69) is 11.6 Å². The van der Waals surface area contributed by atoms with Gasteiger partial charge in [-0.3, -0.25) is 4.79 Å². The smallest absolute Gasteiger partial charge is 0.267 e. The van der Waals surface area contributed by atoms with Gasteiger partial charge in [-0.05, 0) is 24.3 Å². The third-order valence-electron chi connectivity index (χ3n) is 3.72. The summed E-state index contributed by atoms with van der Waals surface area (Å²) >= 11 is 0. The Kier molecular flexibility index (Phi) is 2.44. The van der Waals surface area contributed by atoms with Crippen LogP contribution >= 0.6 is 0 Å². The zero-order valence-corrected chi connectivity index (χ0v) is 11.4. The molecule has 0 fully saturated rings. The van der Waals surface area contributed by atoms with Gasteiger partial charge in [0.15, 0.2) is 0 Å². The van der Waals surface area contributed by atoms with E-state index in [4.69, 9.17) is 0 Å². The molecule has 4 nitrogen and oxygen atoms in total. The Bertz CT molecular complexity index is 1060. The molecule has 0 atom stereocenters. The Morgan fingerprint density at radius 3 is 2.57 bits per heavy atom. The summed E-state index contributed by atoms with van der Waals surface area (Å²) in [6, 6.07) is 15.3. The van der Waals surface area contributed by atoms with Crippen molar-refractivity contribution in [2.45, 2.75) is 6.54 Å². The summed E-state index contributed by atoms with van der Waals surface area (Å²) in [5, 5.41) is 0.636. The number of hydrogen-bond donors (Lipinski definition) is 0. The Balaban J connectivity index is 2.34. The molecule has 102 valence electrons. The second kappa shape index (κ2) is 4.31. The van der Waals surface area contributed by atoms with Crippen LogP contribution in [0.25, 0.3) is 27.7 Å². The lowest BCUT2D eigenvalue weighted by molar-refractivity contribution is 0.864.